The first kappa shape index (κ1) is 20.8. The molecule has 4 rings (SSSR count). The molecule has 2 aliphatic heterocycles. The number of benzene rings is 2. The summed E-state index contributed by atoms with van der Waals surface area (Å²) in [4.78, 5) is 30.0. The highest BCUT2D eigenvalue weighted by atomic mass is 16.5. The standard InChI is InChI=1S/C24H26N4O3/c1-3-19(25)20(4-2)26-21-9-8-18-22-16(21)6-5-7-17(22)23(29)28(24(18)30)11-10-27-12-14-31-15-13-27/h3-9,26H,1-2,10-15,25H2/b20-19-. The molecule has 2 aromatic rings. The molecular weight excluding hydrogens is 392 g/mol. The molecule has 1 fully saturated rings. The van der Waals surface area contributed by atoms with Gasteiger partial charge in [0.15, 0.2) is 0 Å². The van der Waals surface area contributed by atoms with Crippen LogP contribution in [0.5, 0.6) is 0 Å². The lowest BCUT2D eigenvalue weighted by molar-refractivity contribution is 0.0316. The SMILES string of the molecule is C=C/C(N)=C(\C=C)Nc1ccc2c3c(cccc13)C(=O)N(CCN1CCOCC1)C2=O. The van der Waals surface area contributed by atoms with Gasteiger partial charge in [0, 0.05) is 53.8 Å². The van der Waals surface area contributed by atoms with Gasteiger partial charge in [0.1, 0.15) is 0 Å². The van der Waals surface area contributed by atoms with Crippen LogP contribution in [0.3, 0.4) is 0 Å². The van der Waals surface area contributed by atoms with E-state index in [1.165, 1.54) is 11.0 Å². The maximum atomic E-state index is 13.2. The zero-order valence-corrected chi connectivity index (χ0v) is 17.4. The monoisotopic (exact) mass is 418 g/mol. The summed E-state index contributed by atoms with van der Waals surface area (Å²) in [6.07, 6.45) is 3.14. The zero-order chi connectivity index (χ0) is 22.0. The number of imide groups is 1. The predicted molar refractivity (Wildman–Crippen MR) is 122 cm³/mol. The van der Waals surface area contributed by atoms with Gasteiger partial charge in [0.25, 0.3) is 11.8 Å². The normalized spacial score (nSPS) is 17.5. The van der Waals surface area contributed by atoms with Crippen molar-refractivity contribution in [3.8, 4) is 0 Å². The Balaban J connectivity index is 1.68. The first-order chi connectivity index (χ1) is 15.0. The van der Waals surface area contributed by atoms with Gasteiger partial charge in [-0.25, -0.2) is 0 Å². The van der Waals surface area contributed by atoms with E-state index in [0.29, 0.717) is 54.2 Å². The number of allylic oxidation sites excluding steroid dienone is 2. The molecule has 7 heteroatoms. The summed E-state index contributed by atoms with van der Waals surface area (Å²) < 4.78 is 5.37. The molecule has 0 unspecified atom stereocenters. The van der Waals surface area contributed by atoms with Gasteiger partial charge >= 0.3 is 0 Å². The summed E-state index contributed by atoms with van der Waals surface area (Å²) in [6.45, 7) is 11.4. The fraction of sp³-hybridized carbons (Fsp3) is 0.250. The Morgan fingerprint density at radius 3 is 2.42 bits per heavy atom. The van der Waals surface area contributed by atoms with Gasteiger partial charge in [0.05, 0.1) is 24.6 Å². The smallest absolute Gasteiger partial charge is 0.261 e. The van der Waals surface area contributed by atoms with Crippen molar-refractivity contribution in [1.29, 1.82) is 0 Å². The lowest BCUT2D eigenvalue weighted by Crippen LogP contribution is -2.46. The van der Waals surface area contributed by atoms with E-state index in [9.17, 15) is 9.59 Å². The fourth-order valence-corrected chi connectivity index (χ4v) is 4.02. The van der Waals surface area contributed by atoms with E-state index in [1.807, 2.05) is 18.2 Å². The molecule has 0 saturated carbocycles. The quantitative estimate of drug-likeness (QED) is 0.531. The Morgan fingerprint density at radius 1 is 1.03 bits per heavy atom. The largest absolute Gasteiger partial charge is 0.397 e. The van der Waals surface area contributed by atoms with E-state index in [-0.39, 0.29) is 11.8 Å². The lowest BCUT2D eigenvalue weighted by atomic mass is 9.93. The topological polar surface area (TPSA) is 87.9 Å². The van der Waals surface area contributed by atoms with E-state index < -0.39 is 0 Å². The Hall–Kier alpha value is -3.42. The Bertz CT molecular complexity index is 1080. The molecule has 0 aromatic heterocycles. The average molecular weight is 418 g/mol. The third-order valence-electron chi connectivity index (χ3n) is 5.74. The molecule has 0 spiro atoms. The third-order valence-corrected chi connectivity index (χ3v) is 5.74. The predicted octanol–water partition coefficient (Wildman–Crippen LogP) is 2.72. The molecule has 0 aliphatic carbocycles. The summed E-state index contributed by atoms with van der Waals surface area (Å²) in [5, 5.41) is 4.68. The lowest BCUT2D eigenvalue weighted by Gasteiger charge is -2.31. The van der Waals surface area contributed by atoms with Crippen molar-refractivity contribution in [1.82, 2.24) is 9.80 Å². The molecule has 2 amide bonds. The second-order valence-corrected chi connectivity index (χ2v) is 7.51. The van der Waals surface area contributed by atoms with E-state index in [1.54, 1.807) is 18.2 Å². The molecule has 2 aliphatic rings. The van der Waals surface area contributed by atoms with Gasteiger partial charge in [0.2, 0.25) is 0 Å². The number of carbonyl (C=O) groups excluding carboxylic acids is 2. The number of hydrogen-bond donors (Lipinski definition) is 2. The van der Waals surface area contributed by atoms with Gasteiger partial charge in [-0.1, -0.05) is 25.3 Å². The summed E-state index contributed by atoms with van der Waals surface area (Å²) in [7, 11) is 0. The van der Waals surface area contributed by atoms with Crippen molar-refractivity contribution in [2.24, 2.45) is 5.73 Å². The van der Waals surface area contributed by atoms with Crippen LogP contribution in [-0.2, 0) is 4.74 Å². The van der Waals surface area contributed by atoms with Crippen LogP contribution in [0.2, 0.25) is 0 Å². The summed E-state index contributed by atoms with van der Waals surface area (Å²) >= 11 is 0. The van der Waals surface area contributed by atoms with Gasteiger partial charge in [-0.05, 0) is 30.4 Å². The minimum atomic E-state index is -0.265. The molecule has 0 atom stereocenters. The highest BCUT2D eigenvalue weighted by Gasteiger charge is 2.33. The zero-order valence-electron chi connectivity index (χ0n) is 17.4. The number of amides is 2. The van der Waals surface area contributed by atoms with Crippen LogP contribution in [0.15, 0.2) is 67.0 Å². The number of nitrogens with two attached hydrogens (primary N) is 1. The number of ether oxygens (including phenoxy) is 1. The van der Waals surface area contributed by atoms with E-state index in [0.717, 1.165) is 24.2 Å². The number of nitrogens with zero attached hydrogens (tertiary/aromatic N) is 2. The van der Waals surface area contributed by atoms with Crippen molar-refractivity contribution >= 4 is 28.3 Å². The van der Waals surface area contributed by atoms with Crippen LogP contribution in [-0.4, -0.2) is 61.0 Å². The van der Waals surface area contributed by atoms with Crippen LogP contribution in [0.25, 0.3) is 10.8 Å². The number of carbonyl (C=O) groups is 2. The van der Waals surface area contributed by atoms with Crippen LogP contribution in [0.4, 0.5) is 5.69 Å². The molecular formula is C24H26N4O3. The van der Waals surface area contributed by atoms with E-state index in [4.69, 9.17) is 10.5 Å². The maximum Gasteiger partial charge on any atom is 0.261 e. The summed E-state index contributed by atoms with van der Waals surface area (Å²) in [5.41, 5.74) is 8.83. The highest BCUT2D eigenvalue weighted by Crippen LogP contribution is 2.35. The highest BCUT2D eigenvalue weighted by molar-refractivity contribution is 6.26. The first-order valence-electron chi connectivity index (χ1n) is 10.3. The van der Waals surface area contributed by atoms with Crippen LogP contribution < -0.4 is 11.1 Å². The number of anilines is 1. The molecule has 0 bridgehead atoms. The third kappa shape index (κ3) is 3.85. The Kier molecular flexibility index (Phi) is 5.88. The van der Waals surface area contributed by atoms with Gasteiger partial charge in [-0.3, -0.25) is 19.4 Å². The molecule has 7 nitrogen and oxygen atoms in total. The summed E-state index contributed by atoms with van der Waals surface area (Å²) in [6, 6.07) is 9.08. The second-order valence-electron chi connectivity index (χ2n) is 7.51. The molecule has 2 heterocycles. The number of nitrogens with one attached hydrogen (secondary N) is 1. The van der Waals surface area contributed by atoms with Gasteiger partial charge < -0.3 is 15.8 Å². The number of morpholine rings is 1. The van der Waals surface area contributed by atoms with Crippen LogP contribution in [0, 0.1) is 0 Å². The molecule has 2 aromatic carbocycles. The van der Waals surface area contributed by atoms with Crippen molar-refractivity contribution in [2.45, 2.75) is 0 Å². The van der Waals surface area contributed by atoms with Gasteiger partial charge in [-0.15, -0.1) is 0 Å². The molecule has 160 valence electrons. The van der Waals surface area contributed by atoms with Crippen molar-refractivity contribution < 1.29 is 14.3 Å². The Labute approximate surface area is 181 Å². The van der Waals surface area contributed by atoms with E-state index in [2.05, 4.69) is 23.4 Å². The van der Waals surface area contributed by atoms with E-state index >= 15 is 0 Å². The Morgan fingerprint density at radius 2 is 1.74 bits per heavy atom. The fourth-order valence-electron chi connectivity index (χ4n) is 4.02. The maximum absolute atomic E-state index is 13.2. The summed E-state index contributed by atoms with van der Waals surface area (Å²) in [5.74, 6) is -0.530. The van der Waals surface area contributed by atoms with Crippen molar-refractivity contribution in [2.75, 3.05) is 44.7 Å². The van der Waals surface area contributed by atoms with Crippen LogP contribution >= 0.6 is 0 Å². The number of hydrogen-bond acceptors (Lipinski definition) is 6. The van der Waals surface area contributed by atoms with Crippen molar-refractivity contribution in [3.05, 3.63) is 78.2 Å². The van der Waals surface area contributed by atoms with Crippen molar-refractivity contribution in [3.63, 3.8) is 0 Å². The second kappa shape index (κ2) is 8.75. The molecule has 1 saturated heterocycles. The molecule has 31 heavy (non-hydrogen) atoms. The molecule has 3 N–H and O–H groups in total. The minimum absolute atomic E-state index is 0.265. The average Bonchev–Trinajstić information content (AvgIpc) is 2.81. The minimum Gasteiger partial charge on any atom is -0.397 e. The van der Waals surface area contributed by atoms with Crippen LogP contribution in [0.1, 0.15) is 20.7 Å². The first-order valence-corrected chi connectivity index (χ1v) is 10.3. The molecule has 0 radical (unpaired) electrons. The van der Waals surface area contributed by atoms with Gasteiger partial charge in [-0.2, -0.15) is 0 Å². The number of rotatable bonds is 7.